The minimum absolute atomic E-state index is 0.0551. The van der Waals surface area contributed by atoms with Crippen molar-refractivity contribution in [3.8, 4) is 5.75 Å². The maximum Gasteiger partial charge on any atom is 0.415 e. The molecule has 178 valence electrons. The Bertz CT molecular complexity index is 1220. The lowest BCUT2D eigenvalue weighted by Gasteiger charge is -2.28. The molecule has 9 heteroatoms. The van der Waals surface area contributed by atoms with Gasteiger partial charge in [-0.3, -0.25) is 9.59 Å². The molecule has 0 aliphatic carbocycles. The number of piperidine rings is 1. The van der Waals surface area contributed by atoms with Gasteiger partial charge < -0.3 is 24.5 Å². The number of fused-ring (bicyclic) bond motifs is 1. The maximum absolute atomic E-state index is 12.7. The van der Waals surface area contributed by atoms with Crippen LogP contribution in [-0.4, -0.2) is 56.4 Å². The average Bonchev–Trinajstić information content (AvgIpc) is 3.22. The Kier molecular flexibility index (Phi) is 6.39. The molecule has 0 saturated carbocycles. The number of hydrogen-bond acceptors (Lipinski definition) is 6. The molecule has 1 aromatic carbocycles. The van der Waals surface area contributed by atoms with E-state index < -0.39 is 11.5 Å². The number of nitrogens with zero attached hydrogens (tertiary/aromatic N) is 3. The van der Waals surface area contributed by atoms with Gasteiger partial charge in [0.2, 0.25) is 0 Å². The lowest BCUT2D eigenvalue weighted by atomic mass is 9.89. The molecular formula is C25H28N4O5. The number of ether oxygens (including phenoxy) is 1. The number of Topliss-reactive ketones (excluding diaryl/α,β-unsaturated/α-hetero) is 1. The molecule has 4 rings (SSSR count). The lowest BCUT2D eigenvalue weighted by Crippen LogP contribution is -2.41. The third-order valence-corrected chi connectivity index (χ3v) is 5.67. The Morgan fingerprint density at radius 3 is 2.35 bits per heavy atom. The van der Waals surface area contributed by atoms with E-state index in [4.69, 9.17) is 4.74 Å². The van der Waals surface area contributed by atoms with Gasteiger partial charge >= 0.3 is 6.09 Å². The highest BCUT2D eigenvalue weighted by Gasteiger charge is 2.25. The van der Waals surface area contributed by atoms with Crippen LogP contribution >= 0.6 is 0 Å². The van der Waals surface area contributed by atoms with Crippen molar-refractivity contribution in [2.24, 2.45) is 5.41 Å². The first-order chi connectivity index (χ1) is 16.1. The Hall–Kier alpha value is -3.72. The molecule has 1 fully saturated rings. The number of rotatable bonds is 4. The fourth-order valence-corrected chi connectivity index (χ4v) is 3.65. The number of aromatic nitrogens is 2. The van der Waals surface area contributed by atoms with Crippen molar-refractivity contribution < 1.29 is 24.2 Å². The normalized spacial score (nSPS) is 14.8. The second-order valence-electron chi connectivity index (χ2n) is 9.45. The molecule has 34 heavy (non-hydrogen) atoms. The molecule has 2 amide bonds. The van der Waals surface area contributed by atoms with Crippen LogP contribution in [0.15, 0.2) is 48.8 Å². The molecule has 0 spiro atoms. The first-order valence-corrected chi connectivity index (χ1v) is 11.2. The van der Waals surface area contributed by atoms with Gasteiger partial charge in [-0.1, -0.05) is 20.8 Å². The maximum atomic E-state index is 12.7. The van der Waals surface area contributed by atoms with E-state index in [0.717, 1.165) is 0 Å². The van der Waals surface area contributed by atoms with Gasteiger partial charge in [-0.2, -0.15) is 0 Å². The van der Waals surface area contributed by atoms with Gasteiger partial charge in [0.25, 0.3) is 5.91 Å². The second kappa shape index (κ2) is 9.26. The summed E-state index contributed by atoms with van der Waals surface area (Å²) in [5, 5.41) is 12.4. The zero-order valence-corrected chi connectivity index (χ0v) is 19.4. The topological polar surface area (TPSA) is 113 Å². The first kappa shape index (κ1) is 23.4. The van der Waals surface area contributed by atoms with Crippen molar-refractivity contribution in [2.45, 2.75) is 39.7 Å². The molecule has 0 radical (unpaired) electrons. The predicted octanol–water partition coefficient (Wildman–Crippen LogP) is 3.77. The summed E-state index contributed by atoms with van der Waals surface area (Å²) in [6.07, 6.45) is 3.59. The highest BCUT2D eigenvalue weighted by atomic mass is 16.6. The third kappa shape index (κ3) is 5.26. The molecule has 0 bridgehead atoms. The van der Waals surface area contributed by atoms with Gasteiger partial charge in [-0.25, -0.2) is 9.78 Å². The Morgan fingerprint density at radius 1 is 1.03 bits per heavy atom. The van der Waals surface area contributed by atoms with Crippen LogP contribution in [0.5, 0.6) is 5.75 Å². The summed E-state index contributed by atoms with van der Waals surface area (Å²) in [5.41, 5.74) is 1.40. The molecule has 3 heterocycles. The van der Waals surface area contributed by atoms with Gasteiger partial charge in [0, 0.05) is 36.5 Å². The van der Waals surface area contributed by atoms with E-state index >= 15 is 0 Å². The number of carbonyl (C=O) groups is 3. The lowest BCUT2D eigenvalue weighted by molar-refractivity contribution is 0.0797. The highest BCUT2D eigenvalue weighted by Crippen LogP contribution is 2.22. The molecule has 0 atom stereocenters. The molecular weight excluding hydrogens is 436 g/mol. The fourth-order valence-electron chi connectivity index (χ4n) is 3.65. The first-order valence-electron chi connectivity index (χ1n) is 11.2. The van der Waals surface area contributed by atoms with Crippen LogP contribution < -0.4 is 10.1 Å². The smallest absolute Gasteiger partial charge is 0.410 e. The third-order valence-electron chi connectivity index (χ3n) is 5.67. The summed E-state index contributed by atoms with van der Waals surface area (Å²) in [4.78, 5) is 43.3. The summed E-state index contributed by atoms with van der Waals surface area (Å²) in [6.45, 7) is 6.43. The van der Waals surface area contributed by atoms with Gasteiger partial charge in [-0.15, -0.1) is 0 Å². The van der Waals surface area contributed by atoms with E-state index in [0.29, 0.717) is 54.3 Å². The van der Waals surface area contributed by atoms with Crippen LogP contribution in [0.25, 0.3) is 5.65 Å². The summed E-state index contributed by atoms with van der Waals surface area (Å²) in [6, 6.07) is 9.74. The number of pyridine rings is 1. The van der Waals surface area contributed by atoms with E-state index in [1.54, 1.807) is 58.1 Å². The summed E-state index contributed by atoms with van der Waals surface area (Å²) in [5.74, 6) is -0.0441. The van der Waals surface area contributed by atoms with Crippen LogP contribution in [0.2, 0.25) is 0 Å². The average molecular weight is 465 g/mol. The fraction of sp³-hybridized carbons (Fsp3) is 0.360. The molecule has 1 aliphatic rings. The summed E-state index contributed by atoms with van der Waals surface area (Å²) >= 11 is 0. The number of ketones is 1. The monoisotopic (exact) mass is 464 g/mol. The zero-order chi connectivity index (χ0) is 24.5. The molecule has 3 aromatic rings. The number of aliphatic hydroxyl groups is 1. The van der Waals surface area contributed by atoms with Gasteiger partial charge in [0.15, 0.2) is 5.78 Å². The van der Waals surface area contributed by atoms with Crippen LogP contribution in [0.3, 0.4) is 0 Å². The molecule has 1 saturated heterocycles. The molecule has 0 unspecified atom stereocenters. The van der Waals surface area contributed by atoms with Gasteiger partial charge in [0.05, 0.1) is 11.8 Å². The second-order valence-corrected chi connectivity index (χ2v) is 9.45. The Balaban J connectivity index is 1.39. The Labute approximate surface area is 197 Å². The van der Waals surface area contributed by atoms with Crippen LogP contribution in [0.1, 0.15) is 54.5 Å². The minimum atomic E-state index is -0.536. The zero-order valence-electron chi connectivity index (χ0n) is 19.4. The summed E-state index contributed by atoms with van der Waals surface area (Å²) < 4.78 is 7.08. The molecule has 2 aromatic heterocycles. The van der Waals surface area contributed by atoms with Crippen molar-refractivity contribution in [1.82, 2.24) is 14.3 Å². The number of imidazole rings is 1. The number of hydrogen-bond donors (Lipinski definition) is 2. The number of carbonyl (C=O) groups excluding carboxylic acids is 3. The van der Waals surface area contributed by atoms with E-state index in [2.05, 4.69) is 10.3 Å². The Morgan fingerprint density at radius 2 is 1.71 bits per heavy atom. The predicted molar refractivity (Wildman–Crippen MR) is 126 cm³/mol. The van der Waals surface area contributed by atoms with E-state index in [-0.39, 0.29) is 17.8 Å². The van der Waals surface area contributed by atoms with Crippen molar-refractivity contribution in [1.29, 1.82) is 0 Å². The molecule has 1 aliphatic heterocycles. The van der Waals surface area contributed by atoms with Crippen molar-refractivity contribution in [3.05, 3.63) is 60.0 Å². The van der Waals surface area contributed by atoms with E-state index in [9.17, 15) is 19.5 Å². The molecule has 2 N–H and O–H groups in total. The quantitative estimate of drug-likeness (QED) is 0.568. The standard InChI is InChI=1S/C25H28N4O5/c1-25(2,3)22(31)20-15-29-14-17(6-9-21(29)27-20)26-23(32)16-4-7-19(8-5-16)34-24(33)28-12-10-18(30)11-13-28/h4-9,14-15,18,30H,10-13H2,1-3H3,(H,26,32). The largest absolute Gasteiger partial charge is 0.415 e. The van der Waals surface area contributed by atoms with Gasteiger partial charge in [-0.05, 0) is 49.2 Å². The van der Waals surface area contributed by atoms with E-state index in [1.807, 2.05) is 20.8 Å². The van der Waals surface area contributed by atoms with Crippen molar-refractivity contribution in [3.63, 3.8) is 0 Å². The highest BCUT2D eigenvalue weighted by molar-refractivity contribution is 6.04. The van der Waals surface area contributed by atoms with Crippen molar-refractivity contribution >= 4 is 29.1 Å². The van der Waals surface area contributed by atoms with Gasteiger partial charge in [0.1, 0.15) is 17.1 Å². The SMILES string of the molecule is CC(C)(C)C(=O)c1cn2cc(NC(=O)c3ccc(OC(=O)N4CCC(O)CC4)cc3)ccc2n1. The number of aliphatic hydroxyl groups excluding tert-OH is 1. The van der Waals surface area contributed by atoms with Crippen LogP contribution in [-0.2, 0) is 0 Å². The summed E-state index contributed by atoms with van der Waals surface area (Å²) in [7, 11) is 0. The number of nitrogens with one attached hydrogen (secondary N) is 1. The number of amides is 2. The van der Waals surface area contributed by atoms with Crippen molar-refractivity contribution in [2.75, 3.05) is 18.4 Å². The minimum Gasteiger partial charge on any atom is -0.410 e. The number of likely N-dealkylation sites (tertiary alicyclic amines) is 1. The van der Waals surface area contributed by atoms with Crippen LogP contribution in [0, 0.1) is 5.41 Å². The number of anilines is 1. The number of benzene rings is 1. The molecule has 9 nitrogen and oxygen atoms in total. The van der Waals surface area contributed by atoms with Crippen LogP contribution in [0.4, 0.5) is 10.5 Å². The van der Waals surface area contributed by atoms with E-state index in [1.165, 1.54) is 0 Å².